The maximum Gasteiger partial charge on any atom is 0.167 e. The van der Waals surface area contributed by atoms with E-state index in [4.69, 9.17) is 5.73 Å². The van der Waals surface area contributed by atoms with E-state index in [0.29, 0.717) is 16.8 Å². The highest BCUT2D eigenvalue weighted by molar-refractivity contribution is 5.98. The van der Waals surface area contributed by atoms with Crippen molar-refractivity contribution in [1.82, 2.24) is 0 Å². The van der Waals surface area contributed by atoms with Crippen molar-refractivity contribution in [3.8, 4) is 0 Å². The number of nitrogen functional groups attached to an aromatic ring is 1. The zero-order chi connectivity index (χ0) is 13.1. The minimum absolute atomic E-state index is 0.0145. The van der Waals surface area contributed by atoms with Crippen LogP contribution in [-0.2, 0) is 6.42 Å². The van der Waals surface area contributed by atoms with Gasteiger partial charge in [0.1, 0.15) is 0 Å². The second-order valence-electron chi connectivity index (χ2n) is 3.97. The minimum atomic E-state index is -0.951. The first-order valence-corrected chi connectivity index (χ1v) is 5.39. The molecule has 2 aromatic carbocycles. The zero-order valence-corrected chi connectivity index (χ0v) is 9.49. The molecule has 0 aliphatic carbocycles. The Balaban J connectivity index is 2.18. The highest BCUT2D eigenvalue weighted by Crippen LogP contribution is 2.13. The van der Waals surface area contributed by atoms with Crippen LogP contribution >= 0.6 is 0 Å². The van der Waals surface area contributed by atoms with Gasteiger partial charge >= 0.3 is 0 Å². The molecule has 92 valence electrons. The first-order valence-electron chi connectivity index (χ1n) is 5.39. The standard InChI is InChI=1S/C14H11F2NO/c15-12-5-4-9(6-13(12)16)7-14(18)10-2-1-3-11(17)8-10/h1-6,8H,7,17H2. The summed E-state index contributed by atoms with van der Waals surface area (Å²) in [6, 6.07) is 9.97. The van der Waals surface area contributed by atoms with E-state index in [1.165, 1.54) is 6.07 Å². The Morgan fingerprint density at radius 2 is 1.83 bits per heavy atom. The lowest BCUT2D eigenvalue weighted by atomic mass is 10.0. The second-order valence-corrected chi connectivity index (χ2v) is 3.97. The smallest absolute Gasteiger partial charge is 0.167 e. The lowest BCUT2D eigenvalue weighted by molar-refractivity contribution is 0.0993. The number of Topliss-reactive ketones (excluding diaryl/α,β-unsaturated/α-hetero) is 1. The Kier molecular flexibility index (Phi) is 3.37. The molecule has 0 saturated heterocycles. The number of rotatable bonds is 3. The van der Waals surface area contributed by atoms with Crippen molar-refractivity contribution >= 4 is 11.5 Å². The molecular formula is C14H11F2NO. The molecular weight excluding hydrogens is 236 g/mol. The summed E-state index contributed by atoms with van der Waals surface area (Å²) in [4.78, 5) is 11.9. The normalized spacial score (nSPS) is 10.3. The van der Waals surface area contributed by atoms with Crippen LogP contribution in [0.15, 0.2) is 42.5 Å². The number of halogens is 2. The third-order valence-electron chi connectivity index (χ3n) is 2.56. The van der Waals surface area contributed by atoms with Crippen molar-refractivity contribution in [3.63, 3.8) is 0 Å². The van der Waals surface area contributed by atoms with Crippen LogP contribution in [0.1, 0.15) is 15.9 Å². The molecule has 0 aliphatic heterocycles. The van der Waals surface area contributed by atoms with Crippen molar-refractivity contribution in [3.05, 3.63) is 65.2 Å². The maximum atomic E-state index is 13.0. The van der Waals surface area contributed by atoms with Crippen LogP contribution in [0.25, 0.3) is 0 Å². The average molecular weight is 247 g/mol. The van der Waals surface area contributed by atoms with E-state index >= 15 is 0 Å². The third kappa shape index (κ3) is 2.71. The fraction of sp³-hybridized carbons (Fsp3) is 0.0714. The van der Waals surface area contributed by atoms with E-state index in [1.54, 1.807) is 24.3 Å². The first kappa shape index (κ1) is 12.2. The summed E-state index contributed by atoms with van der Waals surface area (Å²) < 4.78 is 25.7. The lowest BCUT2D eigenvalue weighted by Gasteiger charge is -2.03. The SMILES string of the molecule is Nc1cccc(C(=O)Cc2ccc(F)c(F)c2)c1. The van der Waals surface area contributed by atoms with Crippen LogP contribution in [0.4, 0.5) is 14.5 Å². The molecule has 0 amide bonds. The number of ketones is 1. The van der Waals surface area contributed by atoms with Crippen LogP contribution in [0.2, 0.25) is 0 Å². The molecule has 18 heavy (non-hydrogen) atoms. The highest BCUT2D eigenvalue weighted by atomic mass is 19.2. The molecule has 2 aromatic rings. The van der Waals surface area contributed by atoms with Gasteiger partial charge < -0.3 is 5.73 Å². The van der Waals surface area contributed by atoms with Gasteiger partial charge in [0.15, 0.2) is 17.4 Å². The van der Waals surface area contributed by atoms with Gasteiger partial charge in [0.25, 0.3) is 0 Å². The molecule has 0 bridgehead atoms. The van der Waals surface area contributed by atoms with Gasteiger partial charge in [-0.3, -0.25) is 4.79 Å². The van der Waals surface area contributed by atoms with Gasteiger partial charge in [-0.1, -0.05) is 18.2 Å². The van der Waals surface area contributed by atoms with Crippen molar-refractivity contribution in [2.24, 2.45) is 0 Å². The van der Waals surface area contributed by atoms with Crippen molar-refractivity contribution in [1.29, 1.82) is 0 Å². The van der Waals surface area contributed by atoms with Gasteiger partial charge in [-0.25, -0.2) is 8.78 Å². The number of hydrogen-bond donors (Lipinski definition) is 1. The Morgan fingerprint density at radius 1 is 1.06 bits per heavy atom. The Morgan fingerprint density at radius 3 is 2.50 bits per heavy atom. The molecule has 0 saturated carbocycles. The number of anilines is 1. The van der Waals surface area contributed by atoms with Gasteiger partial charge in [0.05, 0.1) is 0 Å². The van der Waals surface area contributed by atoms with E-state index in [9.17, 15) is 13.6 Å². The fourth-order valence-corrected chi connectivity index (χ4v) is 1.65. The van der Waals surface area contributed by atoms with Crippen LogP contribution in [0.5, 0.6) is 0 Å². The molecule has 2 nitrogen and oxygen atoms in total. The zero-order valence-electron chi connectivity index (χ0n) is 9.49. The molecule has 0 spiro atoms. The Hall–Kier alpha value is -2.23. The molecule has 0 atom stereocenters. The molecule has 0 aliphatic rings. The fourth-order valence-electron chi connectivity index (χ4n) is 1.65. The predicted octanol–water partition coefficient (Wildman–Crippen LogP) is 2.97. The first-order chi connectivity index (χ1) is 8.56. The highest BCUT2D eigenvalue weighted by Gasteiger charge is 2.09. The molecule has 0 heterocycles. The van der Waals surface area contributed by atoms with Crippen LogP contribution in [-0.4, -0.2) is 5.78 Å². The van der Waals surface area contributed by atoms with Crippen molar-refractivity contribution < 1.29 is 13.6 Å². The predicted molar refractivity (Wildman–Crippen MR) is 65.2 cm³/mol. The summed E-state index contributed by atoms with van der Waals surface area (Å²) in [6.45, 7) is 0. The number of nitrogens with two attached hydrogens (primary N) is 1. The molecule has 2 N–H and O–H groups in total. The van der Waals surface area contributed by atoms with E-state index in [2.05, 4.69) is 0 Å². The van der Waals surface area contributed by atoms with Crippen LogP contribution < -0.4 is 5.73 Å². The maximum absolute atomic E-state index is 13.0. The summed E-state index contributed by atoms with van der Waals surface area (Å²) in [7, 11) is 0. The molecule has 0 aromatic heterocycles. The lowest BCUT2D eigenvalue weighted by Crippen LogP contribution is -2.04. The van der Waals surface area contributed by atoms with Gasteiger partial charge in [-0.05, 0) is 29.8 Å². The summed E-state index contributed by atoms with van der Waals surface area (Å²) in [5, 5.41) is 0. The Labute approximate surface area is 103 Å². The topological polar surface area (TPSA) is 43.1 Å². The van der Waals surface area contributed by atoms with Crippen LogP contribution in [0.3, 0.4) is 0 Å². The quantitative estimate of drug-likeness (QED) is 0.669. The number of carbonyl (C=O) groups is 1. The van der Waals surface area contributed by atoms with Gasteiger partial charge in [-0.2, -0.15) is 0 Å². The average Bonchev–Trinajstić information content (AvgIpc) is 2.34. The summed E-state index contributed by atoms with van der Waals surface area (Å²) in [5.74, 6) is -2.06. The van der Waals surface area contributed by atoms with Crippen molar-refractivity contribution in [2.75, 3.05) is 5.73 Å². The molecule has 2 rings (SSSR count). The summed E-state index contributed by atoms with van der Waals surface area (Å²) in [5.41, 5.74) is 6.95. The van der Waals surface area contributed by atoms with E-state index in [0.717, 1.165) is 12.1 Å². The molecule has 0 unspecified atom stereocenters. The Bertz CT molecular complexity index is 596. The minimum Gasteiger partial charge on any atom is -0.399 e. The van der Waals surface area contributed by atoms with E-state index in [-0.39, 0.29) is 12.2 Å². The summed E-state index contributed by atoms with van der Waals surface area (Å²) in [6.07, 6.45) is 0.0145. The molecule has 0 fully saturated rings. The number of carbonyl (C=O) groups excluding carboxylic acids is 1. The second kappa shape index (κ2) is 4.96. The van der Waals surface area contributed by atoms with Gasteiger partial charge in [0.2, 0.25) is 0 Å². The van der Waals surface area contributed by atoms with Crippen molar-refractivity contribution in [2.45, 2.75) is 6.42 Å². The molecule has 4 heteroatoms. The third-order valence-corrected chi connectivity index (χ3v) is 2.56. The largest absolute Gasteiger partial charge is 0.399 e. The van der Waals surface area contributed by atoms with E-state index < -0.39 is 11.6 Å². The summed E-state index contributed by atoms with van der Waals surface area (Å²) >= 11 is 0. The molecule has 0 radical (unpaired) electrons. The number of hydrogen-bond acceptors (Lipinski definition) is 2. The number of benzene rings is 2. The monoisotopic (exact) mass is 247 g/mol. The van der Waals surface area contributed by atoms with Gasteiger partial charge in [-0.15, -0.1) is 0 Å². The van der Waals surface area contributed by atoms with Crippen LogP contribution in [0, 0.1) is 11.6 Å². The van der Waals surface area contributed by atoms with Gasteiger partial charge in [0, 0.05) is 17.7 Å². The van der Waals surface area contributed by atoms with E-state index in [1.807, 2.05) is 0 Å².